The molecule has 0 aliphatic carbocycles. The van der Waals surface area contributed by atoms with Crippen LogP contribution in [0.2, 0.25) is 5.02 Å². The molecule has 0 spiro atoms. The number of benzene rings is 1. The Labute approximate surface area is 108 Å². The number of hydrogen-bond donors (Lipinski definition) is 3. The number of hydrogen-bond acceptors (Lipinski definition) is 3. The fourth-order valence-electron chi connectivity index (χ4n) is 1.30. The summed E-state index contributed by atoms with van der Waals surface area (Å²) in [6.07, 6.45) is 0. The highest BCUT2D eigenvalue weighted by Crippen LogP contribution is 2.21. The molecule has 0 aromatic heterocycles. The van der Waals surface area contributed by atoms with Crippen LogP contribution in [0.4, 0.5) is 10.1 Å². The molecule has 0 heterocycles. The van der Waals surface area contributed by atoms with E-state index in [1.54, 1.807) is 0 Å². The van der Waals surface area contributed by atoms with Crippen LogP contribution >= 0.6 is 11.6 Å². The van der Waals surface area contributed by atoms with Crippen molar-refractivity contribution in [2.45, 2.75) is 13.0 Å². The van der Waals surface area contributed by atoms with Crippen LogP contribution in [0.3, 0.4) is 0 Å². The summed E-state index contributed by atoms with van der Waals surface area (Å²) in [5, 5.41) is 13.6. The molecule has 1 unspecified atom stereocenters. The molecule has 0 saturated heterocycles. The minimum atomic E-state index is -1.21. The van der Waals surface area contributed by atoms with Crippen molar-refractivity contribution >= 4 is 29.2 Å². The normalized spacial score (nSPS) is 11.7. The van der Waals surface area contributed by atoms with E-state index in [1.807, 2.05) is 0 Å². The average Bonchev–Trinajstić information content (AvgIpc) is 2.28. The predicted molar refractivity (Wildman–Crippen MR) is 65.1 cm³/mol. The van der Waals surface area contributed by atoms with Crippen LogP contribution in [0.25, 0.3) is 0 Å². The highest BCUT2D eigenvalue weighted by Gasteiger charge is 2.18. The van der Waals surface area contributed by atoms with Crippen LogP contribution in [0.15, 0.2) is 18.2 Å². The zero-order valence-electron chi connectivity index (χ0n) is 9.54. The minimum absolute atomic E-state index is 0.0635. The van der Waals surface area contributed by atoms with Crippen LogP contribution in [0.5, 0.6) is 0 Å². The van der Waals surface area contributed by atoms with Gasteiger partial charge in [-0.3, -0.25) is 4.79 Å². The monoisotopic (exact) mass is 274 g/mol. The highest BCUT2D eigenvalue weighted by atomic mass is 35.5. The Balaban J connectivity index is 2.70. The molecular formula is C11H12ClFN2O3. The first-order valence-corrected chi connectivity index (χ1v) is 5.47. The van der Waals surface area contributed by atoms with Crippen molar-refractivity contribution in [2.75, 3.05) is 11.9 Å². The molecule has 1 atom stereocenters. The summed E-state index contributed by atoms with van der Waals surface area (Å²) in [7, 11) is 0. The van der Waals surface area contributed by atoms with Crippen LogP contribution in [0.1, 0.15) is 6.92 Å². The van der Waals surface area contributed by atoms with Gasteiger partial charge in [-0.05, 0) is 12.1 Å². The number of nitrogens with one attached hydrogen (secondary N) is 2. The molecule has 1 rings (SSSR count). The van der Waals surface area contributed by atoms with E-state index in [0.717, 1.165) is 0 Å². The van der Waals surface area contributed by atoms with Crippen LogP contribution in [-0.2, 0) is 9.59 Å². The zero-order valence-corrected chi connectivity index (χ0v) is 10.3. The fraction of sp³-hybridized carbons (Fsp3) is 0.273. The second-order valence-corrected chi connectivity index (χ2v) is 3.98. The van der Waals surface area contributed by atoms with E-state index in [1.165, 1.54) is 25.1 Å². The minimum Gasteiger partial charge on any atom is -0.480 e. The molecule has 98 valence electrons. The van der Waals surface area contributed by atoms with Gasteiger partial charge in [-0.15, -0.1) is 0 Å². The number of carbonyl (C=O) groups is 2. The molecule has 5 nitrogen and oxygen atoms in total. The first-order chi connectivity index (χ1) is 8.41. The number of amides is 1. The van der Waals surface area contributed by atoms with E-state index >= 15 is 0 Å². The van der Waals surface area contributed by atoms with Gasteiger partial charge in [-0.2, -0.15) is 0 Å². The van der Waals surface area contributed by atoms with Gasteiger partial charge in [-0.1, -0.05) is 17.7 Å². The third-order valence-corrected chi connectivity index (χ3v) is 2.42. The number of rotatable bonds is 5. The maximum atomic E-state index is 13.5. The van der Waals surface area contributed by atoms with Crippen LogP contribution < -0.4 is 10.6 Å². The average molecular weight is 275 g/mol. The molecule has 0 aliphatic rings. The molecule has 0 fully saturated rings. The molecule has 18 heavy (non-hydrogen) atoms. The third-order valence-electron chi connectivity index (χ3n) is 2.12. The SMILES string of the molecule is CC(=O)NC(CNc1cccc(Cl)c1F)C(=O)O. The third kappa shape index (κ3) is 3.89. The van der Waals surface area contributed by atoms with Crippen molar-refractivity contribution < 1.29 is 19.1 Å². The lowest BCUT2D eigenvalue weighted by atomic mass is 10.2. The molecule has 0 saturated carbocycles. The molecule has 0 aliphatic heterocycles. The van der Waals surface area contributed by atoms with Gasteiger partial charge in [0.15, 0.2) is 5.82 Å². The Morgan fingerprint density at radius 2 is 2.17 bits per heavy atom. The van der Waals surface area contributed by atoms with Gasteiger partial charge in [0.1, 0.15) is 6.04 Å². The summed E-state index contributed by atoms with van der Waals surface area (Å²) in [5.41, 5.74) is 0.0825. The van der Waals surface area contributed by atoms with Crippen molar-refractivity contribution in [2.24, 2.45) is 0 Å². The first kappa shape index (κ1) is 14.2. The molecule has 3 N–H and O–H groups in total. The van der Waals surface area contributed by atoms with Gasteiger partial charge in [0, 0.05) is 13.5 Å². The number of aliphatic carboxylic acids is 1. The van der Waals surface area contributed by atoms with Crippen molar-refractivity contribution in [3.8, 4) is 0 Å². The predicted octanol–water partition coefficient (Wildman–Crippen LogP) is 1.48. The van der Waals surface area contributed by atoms with E-state index in [4.69, 9.17) is 16.7 Å². The largest absolute Gasteiger partial charge is 0.480 e. The number of carboxylic acid groups (broad SMARTS) is 1. The standard InChI is InChI=1S/C11H12ClFN2O3/c1-6(16)15-9(11(17)18)5-14-8-4-2-3-7(12)10(8)13/h2-4,9,14H,5H2,1H3,(H,15,16)(H,17,18). The van der Waals surface area contributed by atoms with Crippen LogP contribution in [0, 0.1) is 5.82 Å². The smallest absolute Gasteiger partial charge is 0.328 e. The summed E-state index contributed by atoms with van der Waals surface area (Å²) in [6, 6.07) is 3.20. The molecule has 0 bridgehead atoms. The number of carboxylic acids is 1. The van der Waals surface area contributed by atoms with E-state index in [9.17, 15) is 14.0 Å². The summed E-state index contributed by atoms with van der Waals surface area (Å²) < 4.78 is 13.5. The van der Waals surface area contributed by atoms with Crippen LogP contribution in [-0.4, -0.2) is 29.6 Å². The maximum absolute atomic E-state index is 13.5. The van der Waals surface area contributed by atoms with E-state index in [2.05, 4.69) is 10.6 Å². The van der Waals surface area contributed by atoms with Gasteiger partial charge in [0.2, 0.25) is 5.91 Å². The van der Waals surface area contributed by atoms with Crippen molar-refractivity contribution in [3.05, 3.63) is 29.0 Å². The van der Waals surface area contributed by atoms with Gasteiger partial charge in [-0.25, -0.2) is 9.18 Å². The van der Waals surface area contributed by atoms with Gasteiger partial charge >= 0.3 is 5.97 Å². The summed E-state index contributed by atoms with van der Waals surface area (Å²) >= 11 is 5.57. The Bertz CT molecular complexity index is 468. The van der Waals surface area contributed by atoms with Crippen molar-refractivity contribution in [1.82, 2.24) is 5.32 Å². The Hall–Kier alpha value is -1.82. The molecule has 0 radical (unpaired) electrons. The quantitative estimate of drug-likeness (QED) is 0.760. The summed E-state index contributed by atoms with van der Waals surface area (Å²) in [5.74, 6) is -2.35. The van der Waals surface area contributed by atoms with Gasteiger partial charge < -0.3 is 15.7 Å². The van der Waals surface area contributed by atoms with Gasteiger partial charge in [0.25, 0.3) is 0 Å². The van der Waals surface area contributed by atoms with Crippen molar-refractivity contribution in [3.63, 3.8) is 0 Å². The molecule has 7 heteroatoms. The van der Waals surface area contributed by atoms with E-state index in [0.29, 0.717) is 0 Å². The Morgan fingerprint density at radius 3 is 2.72 bits per heavy atom. The maximum Gasteiger partial charge on any atom is 0.328 e. The number of anilines is 1. The molecule has 1 aromatic carbocycles. The fourth-order valence-corrected chi connectivity index (χ4v) is 1.47. The van der Waals surface area contributed by atoms with E-state index < -0.39 is 23.7 Å². The lowest BCUT2D eigenvalue weighted by molar-refractivity contribution is -0.141. The molecule has 1 amide bonds. The van der Waals surface area contributed by atoms with Gasteiger partial charge in [0.05, 0.1) is 10.7 Å². The number of carbonyl (C=O) groups excluding carboxylic acids is 1. The Kier molecular flexibility index (Phi) is 4.91. The van der Waals surface area contributed by atoms with Crippen molar-refractivity contribution in [1.29, 1.82) is 0 Å². The number of halogens is 2. The zero-order chi connectivity index (χ0) is 13.7. The second-order valence-electron chi connectivity index (χ2n) is 3.57. The first-order valence-electron chi connectivity index (χ1n) is 5.09. The lowest BCUT2D eigenvalue weighted by Crippen LogP contribution is -2.44. The second kappa shape index (κ2) is 6.20. The lowest BCUT2D eigenvalue weighted by Gasteiger charge is -2.15. The topological polar surface area (TPSA) is 78.4 Å². The molecular weight excluding hydrogens is 263 g/mol. The van der Waals surface area contributed by atoms with E-state index in [-0.39, 0.29) is 17.3 Å². The summed E-state index contributed by atoms with van der Waals surface area (Å²) in [6.45, 7) is 1.06. The molecule has 1 aromatic rings. The highest BCUT2D eigenvalue weighted by molar-refractivity contribution is 6.31. The Morgan fingerprint density at radius 1 is 1.50 bits per heavy atom. The summed E-state index contributed by atoms with van der Waals surface area (Å²) in [4.78, 5) is 21.6.